The van der Waals surface area contributed by atoms with Gasteiger partial charge < -0.3 is 28.5 Å². The largest absolute Gasteiger partial charge is 0.545 e. The molecule has 4 aromatic rings. The maximum atomic E-state index is 13.9. The molecular formula is C30H25N2O8S-. The van der Waals surface area contributed by atoms with Crippen LogP contribution in [-0.2, 0) is 9.53 Å². The van der Waals surface area contributed by atoms with Crippen molar-refractivity contribution in [3.8, 4) is 22.8 Å². The predicted octanol–water partition coefficient (Wildman–Crippen LogP) is 2.44. The molecular weight excluding hydrogens is 548 g/mol. The van der Waals surface area contributed by atoms with Crippen molar-refractivity contribution in [2.45, 2.75) is 19.9 Å². The Morgan fingerprint density at radius 1 is 1.12 bits per heavy atom. The first-order valence-corrected chi connectivity index (χ1v) is 13.4. The number of ether oxygens (including phenoxy) is 3. The SMILES string of the molecule is CCOC(=O)C1=C(C)N=c2s/c(=C/c3ccc(-c4ccccc4C(=O)[O-])o3)c(=O)n2[C@H]1c1cc(OC)ccc1OC. The second kappa shape index (κ2) is 11.3. The van der Waals surface area contributed by atoms with E-state index in [-0.39, 0.29) is 17.7 Å². The maximum Gasteiger partial charge on any atom is 0.338 e. The van der Waals surface area contributed by atoms with Crippen molar-refractivity contribution in [1.82, 2.24) is 4.57 Å². The molecule has 1 aliphatic rings. The number of carboxylic acid groups (broad SMARTS) is 1. The number of fused-ring (bicyclic) bond motifs is 1. The van der Waals surface area contributed by atoms with Crippen molar-refractivity contribution >= 4 is 29.4 Å². The molecule has 41 heavy (non-hydrogen) atoms. The average molecular weight is 574 g/mol. The van der Waals surface area contributed by atoms with Crippen LogP contribution in [0.4, 0.5) is 0 Å². The second-order valence-corrected chi connectivity index (χ2v) is 9.95. The fourth-order valence-electron chi connectivity index (χ4n) is 4.72. The van der Waals surface area contributed by atoms with Crippen LogP contribution in [0.2, 0.25) is 0 Å². The highest BCUT2D eigenvalue weighted by Crippen LogP contribution is 2.38. The van der Waals surface area contributed by atoms with E-state index in [1.807, 2.05) is 0 Å². The molecule has 210 valence electrons. The number of thiazole rings is 1. The average Bonchev–Trinajstić information content (AvgIpc) is 3.56. The zero-order valence-electron chi connectivity index (χ0n) is 22.6. The van der Waals surface area contributed by atoms with Gasteiger partial charge in [-0.2, -0.15) is 0 Å². The molecule has 10 nitrogen and oxygen atoms in total. The third-order valence-corrected chi connectivity index (χ3v) is 7.54. The molecule has 2 aromatic carbocycles. The number of hydrogen-bond acceptors (Lipinski definition) is 10. The van der Waals surface area contributed by atoms with E-state index in [9.17, 15) is 19.5 Å². The van der Waals surface area contributed by atoms with Crippen molar-refractivity contribution in [1.29, 1.82) is 0 Å². The summed E-state index contributed by atoms with van der Waals surface area (Å²) in [5, 5.41) is 11.6. The number of rotatable bonds is 8. The molecule has 0 N–H and O–H groups in total. The summed E-state index contributed by atoms with van der Waals surface area (Å²) in [6.45, 7) is 3.54. The summed E-state index contributed by atoms with van der Waals surface area (Å²) in [6.07, 6.45) is 1.55. The topological polar surface area (TPSA) is 132 Å². The quantitative estimate of drug-likeness (QED) is 0.294. The number of nitrogens with zero attached hydrogens (tertiary/aromatic N) is 2. The fraction of sp³-hybridized carbons (Fsp3) is 0.200. The number of aromatic carboxylic acids is 1. The summed E-state index contributed by atoms with van der Waals surface area (Å²) < 4.78 is 24.0. The summed E-state index contributed by atoms with van der Waals surface area (Å²) in [6, 6.07) is 13.8. The monoisotopic (exact) mass is 573 g/mol. The van der Waals surface area contributed by atoms with Gasteiger partial charge in [-0.05, 0) is 44.2 Å². The van der Waals surface area contributed by atoms with E-state index in [1.54, 1.807) is 68.5 Å². The Morgan fingerprint density at radius 2 is 1.90 bits per heavy atom. The standard InChI is InChI=1S/C30H26N2O8S/c1-5-39-29(36)25-16(2)31-30-32(26(25)21-14-17(37-3)10-12-22(21)38-4)27(33)24(41-30)15-18-11-13-23(40-18)19-8-6-7-9-20(19)28(34)35/h6-15,26H,5H2,1-4H3,(H,34,35)/p-1/b24-15+/t26-/m0/s1. The van der Waals surface area contributed by atoms with Crippen LogP contribution in [0.5, 0.6) is 11.5 Å². The Morgan fingerprint density at radius 3 is 2.61 bits per heavy atom. The lowest BCUT2D eigenvalue weighted by atomic mass is 9.95. The van der Waals surface area contributed by atoms with E-state index >= 15 is 0 Å². The molecule has 1 atom stereocenters. The van der Waals surface area contributed by atoms with E-state index in [0.717, 1.165) is 11.3 Å². The summed E-state index contributed by atoms with van der Waals surface area (Å²) >= 11 is 1.13. The van der Waals surface area contributed by atoms with Gasteiger partial charge in [0.25, 0.3) is 5.56 Å². The third-order valence-electron chi connectivity index (χ3n) is 6.56. The summed E-state index contributed by atoms with van der Waals surface area (Å²) in [5.41, 5.74) is 1.07. The Balaban J connectivity index is 1.69. The highest BCUT2D eigenvalue weighted by molar-refractivity contribution is 7.07. The van der Waals surface area contributed by atoms with Crippen LogP contribution in [0.3, 0.4) is 0 Å². The van der Waals surface area contributed by atoms with Gasteiger partial charge in [0.15, 0.2) is 4.80 Å². The number of allylic oxidation sites excluding steroid dienone is 1. The molecule has 0 fully saturated rings. The Bertz CT molecular complexity index is 1880. The number of carboxylic acids is 1. The summed E-state index contributed by atoms with van der Waals surface area (Å²) in [4.78, 5) is 43.6. The highest BCUT2D eigenvalue weighted by Gasteiger charge is 2.35. The van der Waals surface area contributed by atoms with Gasteiger partial charge in [0, 0.05) is 22.8 Å². The molecule has 0 radical (unpaired) electrons. The van der Waals surface area contributed by atoms with Gasteiger partial charge in [-0.3, -0.25) is 9.36 Å². The first kappa shape index (κ1) is 27.7. The van der Waals surface area contributed by atoms with Crippen molar-refractivity contribution in [2.75, 3.05) is 20.8 Å². The molecule has 0 amide bonds. The van der Waals surface area contributed by atoms with Gasteiger partial charge in [-0.1, -0.05) is 35.6 Å². The molecule has 5 rings (SSSR count). The van der Waals surface area contributed by atoms with E-state index in [2.05, 4.69) is 4.99 Å². The van der Waals surface area contributed by atoms with Gasteiger partial charge in [0.05, 0.1) is 42.6 Å². The minimum Gasteiger partial charge on any atom is -0.545 e. The first-order valence-electron chi connectivity index (χ1n) is 12.6. The predicted molar refractivity (Wildman–Crippen MR) is 148 cm³/mol. The van der Waals surface area contributed by atoms with Crippen LogP contribution >= 0.6 is 11.3 Å². The van der Waals surface area contributed by atoms with E-state index in [0.29, 0.717) is 49.2 Å². The summed E-state index contributed by atoms with van der Waals surface area (Å²) in [5.74, 6) is -0.323. The van der Waals surface area contributed by atoms with E-state index < -0.39 is 23.5 Å². The zero-order chi connectivity index (χ0) is 29.3. The third kappa shape index (κ3) is 5.07. The highest BCUT2D eigenvalue weighted by atomic mass is 32.1. The van der Waals surface area contributed by atoms with Crippen LogP contribution in [-0.4, -0.2) is 37.3 Å². The maximum absolute atomic E-state index is 13.9. The summed E-state index contributed by atoms with van der Waals surface area (Å²) in [7, 11) is 3.02. The van der Waals surface area contributed by atoms with Crippen molar-refractivity contribution < 1.29 is 33.3 Å². The number of furan rings is 1. The molecule has 0 bridgehead atoms. The number of esters is 1. The number of methoxy groups -OCH3 is 2. The van der Waals surface area contributed by atoms with Crippen LogP contribution in [0.25, 0.3) is 17.4 Å². The smallest absolute Gasteiger partial charge is 0.338 e. The molecule has 0 saturated heterocycles. The molecule has 0 aliphatic carbocycles. The van der Waals surface area contributed by atoms with Gasteiger partial charge in [-0.15, -0.1) is 0 Å². The number of carbonyl (C=O) groups excluding carboxylic acids is 2. The lowest BCUT2D eigenvalue weighted by molar-refractivity contribution is -0.255. The molecule has 0 saturated carbocycles. The lowest BCUT2D eigenvalue weighted by Gasteiger charge is -2.26. The minimum absolute atomic E-state index is 0.0121. The van der Waals surface area contributed by atoms with Gasteiger partial charge >= 0.3 is 5.97 Å². The number of carbonyl (C=O) groups is 2. The Hall–Kier alpha value is -4.90. The van der Waals surface area contributed by atoms with Gasteiger partial charge in [-0.25, -0.2) is 9.79 Å². The molecule has 2 aromatic heterocycles. The zero-order valence-corrected chi connectivity index (χ0v) is 23.4. The number of hydrogen-bond donors (Lipinski definition) is 0. The van der Waals surface area contributed by atoms with Crippen molar-refractivity contribution in [3.63, 3.8) is 0 Å². The number of aromatic nitrogens is 1. The minimum atomic E-state index is -1.33. The van der Waals surface area contributed by atoms with Crippen LogP contribution in [0.15, 0.2) is 80.1 Å². The van der Waals surface area contributed by atoms with Crippen molar-refractivity contribution in [2.24, 2.45) is 4.99 Å². The Kier molecular flexibility index (Phi) is 7.62. The molecule has 11 heteroatoms. The van der Waals surface area contributed by atoms with Crippen LogP contribution in [0, 0.1) is 0 Å². The van der Waals surface area contributed by atoms with E-state index in [1.165, 1.54) is 24.9 Å². The van der Waals surface area contributed by atoms with Crippen molar-refractivity contribution in [3.05, 3.63) is 102 Å². The molecule has 1 aliphatic heterocycles. The normalized spacial score (nSPS) is 14.8. The number of benzene rings is 2. The molecule has 3 heterocycles. The molecule has 0 spiro atoms. The van der Waals surface area contributed by atoms with Gasteiger partial charge in [0.2, 0.25) is 0 Å². The second-order valence-electron chi connectivity index (χ2n) is 8.95. The molecule has 0 unspecified atom stereocenters. The van der Waals surface area contributed by atoms with Crippen LogP contribution < -0.4 is 29.5 Å². The Labute approximate surface area is 238 Å². The van der Waals surface area contributed by atoms with Crippen LogP contribution in [0.1, 0.15) is 41.6 Å². The fourth-order valence-corrected chi connectivity index (χ4v) is 5.75. The first-order chi connectivity index (χ1) is 19.8. The van der Waals surface area contributed by atoms with E-state index in [4.69, 9.17) is 18.6 Å². The lowest BCUT2D eigenvalue weighted by Crippen LogP contribution is -2.40. The van der Waals surface area contributed by atoms with Gasteiger partial charge in [0.1, 0.15) is 29.1 Å².